The van der Waals surface area contributed by atoms with E-state index in [0.29, 0.717) is 19.6 Å². The predicted octanol–water partition coefficient (Wildman–Crippen LogP) is 0.182. The summed E-state index contributed by atoms with van der Waals surface area (Å²) in [6.45, 7) is 0.976. The SMILES string of the molecule is COCC(Br)CCNS(=O)(=O)N(C)C. The molecule has 0 fully saturated rings. The predicted molar refractivity (Wildman–Crippen MR) is 59.8 cm³/mol. The van der Waals surface area contributed by atoms with Gasteiger partial charge in [-0.05, 0) is 6.42 Å². The number of methoxy groups -OCH3 is 1. The quantitative estimate of drug-likeness (QED) is 0.680. The fourth-order valence-electron chi connectivity index (χ4n) is 0.738. The van der Waals surface area contributed by atoms with Gasteiger partial charge in [0, 0.05) is 32.6 Å². The van der Waals surface area contributed by atoms with Crippen LogP contribution in [0, 0.1) is 0 Å². The van der Waals surface area contributed by atoms with Crippen LogP contribution in [0.15, 0.2) is 0 Å². The molecule has 7 heteroatoms. The van der Waals surface area contributed by atoms with Crippen LogP contribution < -0.4 is 4.72 Å². The highest BCUT2D eigenvalue weighted by molar-refractivity contribution is 9.09. The molecule has 0 saturated carbocycles. The standard InChI is InChI=1S/C7H17BrN2O3S/c1-10(2)14(11,12)9-5-4-7(8)6-13-3/h7,9H,4-6H2,1-3H3. The van der Waals surface area contributed by atoms with Crippen LogP contribution in [0.25, 0.3) is 0 Å². The minimum absolute atomic E-state index is 0.178. The van der Waals surface area contributed by atoms with Crippen LogP contribution in [-0.4, -0.2) is 51.9 Å². The number of rotatable bonds is 7. The van der Waals surface area contributed by atoms with Crippen LogP contribution in [0.3, 0.4) is 0 Å². The van der Waals surface area contributed by atoms with E-state index in [-0.39, 0.29) is 4.83 Å². The summed E-state index contributed by atoms with van der Waals surface area (Å²) in [6.07, 6.45) is 0.695. The first-order valence-corrected chi connectivity index (χ1v) is 6.56. The second-order valence-corrected chi connectivity index (χ2v) is 6.29. The van der Waals surface area contributed by atoms with Gasteiger partial charge in [-0.2, -0.15) is 12.7 Å². The maximum Gasteiger partial charge on any atom is 0.278 e. The van der Waals surface area contributed by atoms with E-state index in [1.54, 1.807) is 7.11 Å². The molecule has 5 nitrogen and oxygen atoms in total. The van der Waals surface area contributed by atoms with Crippen molar-refractivity contribution in [1.29, 1.82) is 0 Å². The summed E-state index contributed by atoms with van der Waals surface area (Å²) < 4.78 is 31.0. The van der Waals surface area contributed by atoms with Gasteiger partial charge in [-0.3, -0.25) is 0 Å². The Balaban J connectivity index is 3.74. The van der Waals surface area contributed by atoms with Crippen molar-refractivity contribution in [2.24, 2.45) is 0 Å². The Morgan fingerprint density at radius 3 is 2.50 bits per heavy atom. The van der Waals surface area contributed by atoms with Crippen LogP contribution in [0.1, 0.15) is 6.42 Å². The lowest BCUT2D eigenvalue weighted by molar-refractivity contribution is 0.199. The summed E-state index contributed by atoms with van der Waals surface area (Å²) in [6, 6.07) is 0. The van der Waals surface area contributed by atoms with Gasteiger partial charge in [0.15, 0.2) is 0 Å². The number of alkyl halides is 1. The first-order valence-electron chi connectivity index (χ1n) is 4.20. The molecule has 0 aliphatic rings. The summed E-state index contributed by atoms with van der Waals surface area (Å²) in [5.74, 6) is 0. The highest BCUT2D eigenvalue weighted by Crippen LogP contribution is 2.04. The van der Waals surface area contributed by atoms with E-state index in [1.807, 2.05) is 0 Å². The van der Waals surface area contributed by atoms with Gasteiger partial charge in [0.2, 0.25) is 0 Å². The van der Waals surface area contributed by atoms with Gasteiger partial charge in [-0.25, -0.2) is 4.72 Å². The average molecular weight is 289 g/mol. The summed E-state index contributed by atoms with van der Waals surface area (Å²) >= 11 is 3.37. The fourth-order valence-corrected chi connectivity index (χ4v) is 1.87. The zero-order chi connectivity index (χ0) is 11.2. The normalized spacial score (nSPS) is 14.6. The van der Waals surface area contributed by atoms with Crippen molar-refractivity contribution in [2.75, 3.05) is 34.4 Å². The zero-order valence-corrected chi connectivity index (χ0v) is 11.1. The smallest absolute Gasteiger partial charge is 0.278 e. The highest BCUT2D eigenvalue weighted by atomic mass is 79.9. The third-order valence-electron chi connectivity index (χ3n) is 1.57. The Morgan fingerprint density at radius 1 is 1.50 bits per heavy atom. The van der Waals surface area contributed by atoms with E-state index >= 15 is 0 Å². The maximum atomic E-state index is 11.2. The lowest BCUT2D eigenvalue weighted by Gasteiger charge is -2.13. The van der Waals surface area contributed by atoms with Crippen molar-refractivity contribution in [3.63, 3.8) is 0 Å². The number of nitrogens with zero attached hydrogens (tertiary/aromatic N) is 1. The van der Waals surface area contributed by atoms with Gasteiger partial charge in [0.05, 0.1) is 6.61 Å². The van der Waals surface area contributed by atoms with Crippen LogP contribution >= 0.6 is 15.9 Å². The summed E-state index contributed by atoms with van der Waals surface area (Å²) in [4.78, 5) is 0.178. The van der Waals surface area contributed by atoms with Crippen LogP contribution in [0.2, 0.25) is 0 Å². The van der Waals surface area contributed by atoms with Crippen molar-refractivity contribution in [3.8, 4) is 0 Å². The molecule has 1 unspecified atom stereocenters. The van der Waals surface area contributed by atoms with Crippen molar-refractivity contribution in [3.05, 3.63) is 0 Å². The van der Waals surface area contributed by atoms with E-state index in [0.717, 1.165) is 4.31 Å². The molecule has 0 aromatic carbocycles. The molecule has 0 saturated heterocycles. The van der Waals surface area contributed by atoms with Gasteiger partial charge in [0.1, 0.15) is 0 Å². The molecular weight excluding hydrogens is 272 g/mol. The summed E-state index contributed by atoms with van der Waals surface area (Å²) in [7, 11) is 1.30. The van der Waals surface area contributed by atoms with E-state index in [2.05, 4.69) is 20.7 Å². The second-order valence-electron chi connectivity index (χ2n) is 3.02. The fraction of sp³-hybridized carbons (Fsp3) is 1.00. The van der Waals surface area contributed by atoms with Crippen molar-refractivity contribution in [1.82, 2.24) is 9.03 Å². The number of nitrogens with one attached hydrogen (secondary N) is 1. The van der Waals surface area contributed by atoms with Gasteiger partial charge < -0.3 is 4.74 Å². The maximum absolute atomic E-state index is 11.2. The molecular formula is C7H17BrN2O3S. The van der Waals surface area contributed by atoms with E-state index in [1.165, 1.54) is 14.1 Å². The minimum atomic E-state index is -3.29. The molecule has 0 rings (SSSR count). The van der Waals surface area contributed by atoms with Gasteiger partial charge in [-0.1, -0.05) is 15.9 Å². The highest BCUT2D eigenvalue weighted by Gasteiger charge is 2.12. The molecule has 86 valence electrons. The molecule has 0 aliphatic heterocycles. The molecule has 0 spiro atoms. The molecule has 0 bridgehead atoms. The molecule has 0 aliphatic carbocycles. The Kier molecular flexibility index (Phi) is 6.88. The average Bonchev–Trinajstić information content (AvgIpc) is 2.04. The topological polar surface area (TPSA) is 58.6 Å². The van der Waals surface area contributed by atoms with E-state index < -0.39 is 10.2 Å². The molecule has 0 radical (unpaired) electrons. The molecule has 0 aromatic heterocycles. The first-order chi connectivity index (χ1) is 6.40. The number of halogens is 1. The Bertz CT molecular complexity index is 243. The third kappa shape index (κ3) is 5.92. The Hall–Kier alpha value is 0.310. The number of hydrogen-bond acceptors (Lipinski definition) is 3. The van der Waals surface area contributed by atoms with Crippen molar-refractivity contribution in [2.45, 2.75) is 11.2 Å². The first kappa shape index (κ1) is 14.3. The monoisotopic (exact) mass is 288 g/mol. The molecule has 1 N–H and O–H groups in total. The van der Waals surface area contributed by atoms with Crippen molar-refractivity contribution >= 4 is 26.1 Å². The number of ether oxygens (including phenoxy) is 1. The van der Waals surface area contributed by atoms with Crippen LogP contribution in [0.5, 0.6) is 0 Å². The Morgan fingerprint density at radius 2 is 2.07 bits per heavy atom. The van der Waals surface area contributed by atoms with Gasteiger partial charge >= 0.3 is 0 Å². The van der Waals surface area contributed by atoms with E-state index in [9.17, 15) is 8.42 Å². The van der Waals surface area contributed by atoms with E-state index in [4.69, 9.17) is 4.74 Å². The third-order valence-corrected chi connectivity index (χ3v) is 3.82. The zero-order valence-electron chi connectivity index (χ0n) is 8.66. The summed E-state index contributed by atoms with van der Waals surface area (Å²) in [5.41, 5.74) is 0. The largest absolute Gasteiger partial charge is 0.384 e. The van der Waals surface area contributed by atoms with Crippen molar-refractivity contribution < 1.29 is 13.2 Å². The lowest BCUT2D eigenvalue weighted by atomic mass is 10.3. The van der Waals surface area contributed by atoms with Crippen LogP contribution in [-0.2, 0) is 14.9 Å². The molecule has 14 heavy (non-hydrogen) atoms. The minimum Gasteiger partial charge on any atom is -0.384 e. The molecule has 0 aromatic rings. The number of hydrogen-bond donors (Lipinski definition) is 1. The molecule has 0 heterocycles. The van der Waals surface area contributed by atoms with Gasteiger partial charge in [0.25, 0.3) is 10.2 Å². The summed E-state index contributed by atoms with van der Waals surface area (Å²) in [5, 5.41) is 0. The molecule has 0 amide bonds. The van der Waals surface area contributed by atoms with Gasteiger partial charge in [-0.15, -0.1) is 0 Å². The Labute approximate surface area is 94.1 Å². The van der Waals surface area contributed by atoms with Crippen LogP contribution in [0.4, 0.5) is 0 Å². The second kappa shape index (κ2) is 6.73. The molecule has 1 atom stereocenters. The lowest BCUT2D eigenvalue weighted by Crippen LogP contribution is -2.36.